The Morgan fingerprint density at radius 2 is 2.05 bits per heavy atom. The third-order valence-corrected chi connectivity index (χ3v) is 4.51. The van der Waals surface area contributed by atoms with Crippen molar-refractivity contribution in [2.75, 3.05) is 0 Å². The number of benzene rings is 1. The fourth-order valence-corrected chi connectivity index (χ4v) is 3.48. The molecule has 0 N–H and O–H groups in total. The Bertz CT molecular complexity index is 568. The van der Waals surface area contributed by atoms with Crippen LogP contribution in [0.5, 0.6) is 5.75 Å². The van der Waals surface area contributed by atoms with E-state index in [9.17, 15) is 0 Å². The van der Waals surface area contributed by atoms with Gasteiger partial charge in [-0.3, -0.25) is 0 Å². The predicted molar refractivity (Wildman–Crippen MR) is 77.4 cm³/mol. The molecule has 1 aliphatic carbocycles. The Morgan fingerprint density at radius 1 is 1.26 bits per heavy atom. The lowest BCUT2D eigenvalue weighted by atomic mass is 9.78. The number of rotatable bonds is 0. The fourth-order valence-electron chi connectivity index (χ4n) is 3.12. The lowest BCUT2D eigenvalue weighted by Gasteiger charge is -2.41. The van der Waals surface area contributed by atoms with Gasteiger partial charge in [-0.2, -0.15) is 10.3 Å². The van der Waals surface area contributed by atoms with E-state index in [0.717, 1.165) is 40.8 Å². The van der Waals surface area contributed by atoms with E-state index in [1.54, 1.807) is 0 Å². The van der Waals surface area contributed by atoms with Crippen molar-refractivity contribution in [1.82, 2.24) is 0 Å². The molecule has 1 fully saturated rings. The summed E-state index contributed by atoms with van der Waals surface area (Å²) in [6, 6.07) is 5.94. The van der Waals surface area contributed by atoms with Crippen LogP contribution in [0.1, 0.15) is 44.1 Å². The zero-order valence-electron chi connectivity index (χ0n) is 10.7. The molecular weight excluding hydrogens is 304 g/mol. The second-order valence-electron chi connectivity index (χ2n) is 5.32. The van der Waals surface area contributed by atoms with Crippen molar-refractivity contribution in [1.29, 1.82) is 5.26 Å². The molecule has 4 heteroatoms. The maximum atomic E-state index is 8.91. The van der Waals surface area contributed by atoms with Crippen molar-refractivity contribution in [3.63, 3.8) is 0 Å². The first kappa shape index (κ1) is 12.7. The standard InChI is InChI=1S/C15H15BrN2O/c16-11-4-5-14-12(8-11)13(18-10-17)9-15(19-14)6-2-1-3-7-15/h4-5,8H,1-3,6-7,9H2/b18-13+. The van der Waals surface area contributed by atoms with Crippen molar-refractivity contribution >= 4 is 21.6 Å². The summed E-state index contributed by atoms with van der Waals surface area (Å²) in [5.74, 6) is 0.866. The van der Waals surface area contributed by atoms with Crippen molar-refractivity contribution in [2.45, 2.75) is 44.1 Å². The molecule has 1 aromatic carbocycles. The molecule has 0 saturated heterocycles. The number of nitriles is 1. The Kier molecular flexibility index (Phi) is 3.32. The minimum atomic E-state index is -0.130. The van der Waals surface area contributed by atoms with Crippen LogP contribution >= 0.6 is 15.9 Å². The molecule has 0 radical (unpaired) electrons. The van der Waals surface area contributed by atoms with Crippen LogP contribution in [-0.2, 0) is 0 Å². The highest BCUT2D eigenvalue weighted by molar-refractivity contribution is 9.10. The zero-order chi connectivity index (χ0) is 13.3. The van der Waals surface area contributed by atoms with Gasteiger partial charge in [0.1, 0.15) is 11.4 Å². The molecular formula is C15H15BrN2O. The van der Waals surface area contributed by atoms with E-state index in [1.807, 2.05) is 24.4 Å². The summed E-state index contributed by atoms with van der Waals surface area (Å²) >= 11 is 3.46. The van der Waals surface area contributed by atoms with E-state index in [4.69, 9.17) is 10.00 Å². The fraction of sp³-hybridized carbons (Fsp3) is 0.467. The Hall–Kier alpha value is -1.34. The van der Waals surface area contributed by atoms with Crippen LogP contribution in [0.3, 0.4) is 0 Å². The summed E-state index contributed by atoms with van der Waals surface area (Å²) in [5.41, 5.74) is 1.69. The summed E-state index contributed by atoms with van der Waals surface area (Å²) in [6.07, 6.45) is 8.50. The normalized spacial score (nSPS) is 22.6. The number of fused-ring (bicyclic) bond motifs is 1. The number of ether oxygens (including phenoxy) is 1. The minimum absolute atomic E-state index is 0.130. The highest BCUT2D eigenvalue weighted by Crippen LogP contribution is 2.42. The number of hydrogen-bond acceptors (Lipinski definition) is 3. The highest BCUT2D eigenvalue weighted by atomic mass is 79.9. The van der Waals surface area contributed by atoms with Gasteiger partial charge in [0.2, 0.25) is 6.19 Å². The zero-order valence-corrected chi connectivity index (χ0v) is 12.2. The van der Waals surface area contributed by atoms with Gasteiger partial charge in [0, 0.05) is 16.5 Å². The molecule has 98 valence electrons. The molecule has 1 aliphatic heterocycles. The summed E-state index contributed by atoms with van der Waals surface area (Å²) in [7, 11) is 0. The van der Waals surface area contributed by atoms with E-state index in [0.29, 0.717) is 0 Å². The molecule has 3 nitrogen and oxygen atoms in total. The highest BCUT2D eigenvalue weighted by Gasteiger charge is 2.40. The van der Waals surface area contributed by atoms with Crippen LogP contribution in [0.15, 0.2) is 27.7 Å². The molecule has 0 bridgehead atoms. The van der Waals surface area contributed by atoms with Gasteiger partial charge in [-0.05, 0) is 43.9 Å². The first-order valence-electron chi connectivity index (χ1n) is 6.67. The van der Waals surface area contributed by atoms with Gasteiger partial charge >= 0.3 is 0 Å². The van der Waals surface area contributed by atoms with Crippen molar-refractivity contribution in [3.8, 4) is 11.9 Å². The van der Waals surface area contributed by atoms with Crippen LogP contribution in [0, 0.1) is 11.5 Å². The third-order valence-electron chi connectivity index (χ3n) is 4.02. The van der Waals surface area contributed by atoms with E-state index in [2.05, 4.69) is 20.9 Å². The summed E-state index contributed by atoms with van der Waals surface area (Å²) in [6.45, 7) is 0. The van der Waals surface area contributed by atoms with Gasteiger partial charge in [-0.15, -0.1) is 0 Å². The van der Waals surface area contributed by atoms with Gasteiger partial charge in [-0.25, -0.2) is 0 Å². The quantitative estimate of drug-likeness (QED) is 0.673. The second-order valence-corrected chi connectivity index (χ2v) is 6.24. The van der Waals surface area contributed by atoms with Crippen LogP contribution in [0.2, 0.25) is 0 Å². The van der Waals surface area contributed by atoms with E-state index >= 15 is 0 Å². The molecule has 1 spiro atoms. The van der Waals surface area contributed by atoms with E-state index in [1.165, 1.54) is 19.3 Å². The Labute approximate surface area is 121 Å². The number of hydrogen-bond donors (Lipinski definition) is 0. The van der Waals surface area contributed by atoms with Crippen LogP contribution in [-0.4, -0.2) is 11.3 Å². The lowest BCUT2D eigenvalue weighted by molar-refractivity contribution is 0.0322. The van der Waals surface area contributed by atoms with Crippen molar-refractivity contribution in [2.24, 2.45) is 4.99 Å². The first-order chi connectivity index (χ1) is 9.22. The summed E-state index contributed by atoms with van der Waals surface area (Å²) in [5, 5.41) is 8.91. The number of aliphatic imine (C=N–C) groups is 1. The lowest BCUT2D eigenvalue weighted by Crippen LogP contribution is -2.43. The molecule has 0 atom stereocenters. The van der Waals surface area contributed by atoms with Crippen LogP contribution < -0.4 is 4.74 Å². The van der Waals surface area contributed by atoms with Gasteiger partial charge < -0.3 is 4.74 Å². The monoisotopic (exact) mass is 318 g/mol. The third kappa shape index (κ3) is 2.40. The molecule has 1 saturated carbocycles. The molecule has 0 unspecified atom stereocenters. The molecule has 19 heavy (non-hydrogen) atoms. The minimum Gasteiger partial charge on any atom is -0.486 e. The summed E-state index contributed by atoms with van der Waals surface area (Å²) in [4.78, 5) is 4.04. The largest absolute Gasteiger partial charge is 0.486 e. The average molecular weight is 319 g/mol. The molecule has 0 aromatic heterocycles. The van der Waals surface area contributed by atoms with Gasteiger partial charge in [-0.1, -0.05) is 22.4 Å². The van der Waals surface area contributed by atoms with Gasteiger partial charge in [0.25, 0.3) is 0 Å². The van der Waals surface area contributed by atoms with Crippen molar-refractivity contribution in [3.05, 3.63) is 28.2 Å². The molecule has 3 rings (SSSR count). The first-order valence-corrected chi connectivity index (χ1v) is 7.46. The average Bonchev–Trinajstić information content (AvgIpc) is 2.41. The van der Waals surface area contributed by atoms with Gasteiger partial charge in [0.15, 0.2) is 0 Å². The predicted octanol–water partition coefficient (Wildman–Crippen LogP) is 4.20. The Morgan fingerprint density at radius 3 is 2.79 bits per heavy atom. The molecule has 1 aromatic rings. The maximum absolute atomic E-state index is 8.91. The smallest absolute Gasteiger partial charge is 0.205 e. The van der Waals surface area contributed by atoms with Gasteiger partial charge in [0.05, 0.1) is 5.71 Å². The molecule has 2 aliphatic rings. The number of nitrogens with zero attached hydrogens (tertiary/aromatic N) is 2. The van der Waals surface area contributed by atoms with Crippen LogP contribution in [0.4, 0.5) is 0 Å². The maximum Gasteiger partial charge on any atom is 0.205 e. The number of halogens is 1. The molecule has 1 heterocycles. The summed E-state index contributed by atoms with van der Waals surface area (Å²) < 4.78 is 7.27. The van der Waals surface area contributed by atoms with E-state index in [-0.39, 0.29) is 5.60 Å². The van der Waals surface area contributed by atoms with E-state index < -0.39 is 0 Å². The second kappa shape index (κ2) is 4.97. The Balaban J connectivity index is 2.05. The molecule has 0 amide bonds. The SMILES string of the molecule is N#C/N=C1\CC2(CCCCC2)Oc2ccc(Br)cc21. The van der Waals surface area contributed by atoms with Crippen molar-refractivity contribution < 1.29 is 4.74 Å². The topological polar surface area (TPSA) is 45.4 Å². The van der Waals surface area contributed by atoms with Crippen LogP contribution in [0.25, 0.3) is 0 Å².